The first kappa shape index (κ1) is 16.1. The van der Waals surface area contributed by atoms with Gasteiger partial charge in [-0.2, -0.15) is 5.10 Å². The molecular weight excluding hydrogens is 328 g/mol. The zero-order valence-electron chi connectivity index (χ0n) is 13.0. The summed E-state index contributed by atoms with van der Waals surface area (Å²) in [6.07, 6.45) is 2.59. The Morgan fingerprint density at radius 1 is 1.20 bits per heavy atom. The molecule has 0 radical (unpaired) electrons. The van der Waals surface area contributed by atoms with E-state index in [1.807, 2.05) is 0 Å². The highest BCUT2D eigenvalue weighted by atomic mass is 16.6. The van der Waals surface area contributed by atoms with Crippen LogP contribution in [-0.2, 0) is 0 Å². The number of aromatic nitrogens is 3. The molecule has 0 aliphatic carbocycles. The number of esters is 1. The van der Waals surface area contributed by atoms with Gasteiger partial charge in [0.05, 0.1) is 17.6 Å². The number of ether oxygens (including phenoxy) is 2. The summed E-state index contributed by atoms with van der Waals surface area (Å²) in [6.45, 7) is 0. The van der Waals surface area contributed by atoms with Crippen molar-refractivity contribution >= 4 is 11.7 Å². The van der Waals surface area contributed by atoms with Crippen LogP contribution in [0, 0.1) is 10.1 Å². The fourth-order valence-electron chi connectivity index (χ4n) is 2.18. The van der Waals surface area contributed by atoms with E-state index in [4.69, 9.17) is 9.47 Å². The van der Waals surface area contributed by atoms with Crippen molar-refractivity contribution in [2.45, 2.75) is 0 Å². The van der Waals surface area contributed by atoms with Crippen LogP contribution in [0.3, 0.4) is 0 Å². The Morgan fingerprint density at radius 3 is 2.60 bits per heavy atom. The maximum absolute atomic E-state index is 12.3. The van der Waals surface area contributed by atoms with Crippen molar-refractivity contribution in [2.75, 3.05) is 7.11 Å². The van der Waals surface area contributed by atoms with Crippen molar-refractivity contribution in [3.05, 3.63) is 70.8 Å². The minimum Gasteiger partial charge on any atom is -0.493 e. The third-order valence-electron chi connectivity index (χ3n) is 3.35. The first-order chi connectivity index (χ1) is 12.1. The molecular formula is C16H12N4O5. The Hall–Kier alpha value is -3.75. The average Bonchev–Trinajstić information content (AvgIpc) is 3.16. The summed E-state index contributed by atoms with van der Waals surface area (Å²) in [4.78, 5) is 26.8. The summed E-state index contributed by atoms with van der Waals surface area (Å²) in [5.74, 6) is -0.139. The third-order valence-corrected chi connectivity index (χ3v) is 3.35. The van der Waals surface area contributed by atoms with Gasteiger partial charge in [-0.1, -0.05) is 12.1 Å². The van der Waals surface area contributed by atoms with Crippen molar-refractivity contribution in [3.63, 3.8) is 0 Å². The number of methoxy groups -OCH3 is 1. The molecule has 0 aliphatic heterocycles. The second kappa shape index (κ2) is 6.79. The van der Waals surface area contributed by atoms with Crippen LogP contribution in [0.1, 0.15) is 10.4 Å². The summed E-state index contributed by atoms with van der Waals surface area (Å²) in [5, 5.41) is 15.2. The first-order valence-corrected chi connectivity index (χ1v) is 7.09. The molecule has 1 heterocycles. The molecule has 3 rings (SSSR count). The van der Waals surface area contributed by atoms with Gasteiger partial charge in [-0.25, -0.2) is 14.5 Å². The summed E-state index contributed by atoms with van der Waals surface area (Å²) < 4.78 is 11.6. The number of carbonyl (C=O) groups excluding carboxylic acids is 1. The van der Waals surface area contributed by atoms with Gasteiger partial charge in [-0.3, -0.25) is 10.1 Å². The minimum atomic E-state index is -0.738. The summed E-state index contributed by atoms with van der Waals surface area (Å²) in [7, 11) is 1.45. The van der Waals surface area contributed by atoms with Crippen LogP contribution < -0.4 is 9.47 Å². The number of benzene rings is 2. The molecule has 0 saturated carbocycles. The predicted octanol–water partition coefficient (Wildman–Crippen LogP) is 2.40. The van der Waals surface area contributed by atoms with E-state index < -0.39 is 10.9 Å². The molecule has 0 amide bonds. The van der Waals surface area contributed by atoms with Crippen LogP contribution in [0.25, 0.3) is 5.69 Å². The monoisotopic (exact) mass is 340 g/mol. The number of hydrogen-bond donors (Lipinski definition) is 0. The molecule has 0 unspecified atom stereocenters. The third kappa shape index (κ3) is 3.29. The highest BCUT2D eigenvalue weighted by Crippen LogP contribution is 2.28. The normalized spacial score (nSPS) is 10.3. The number of para-hydroxylation sites is 2. The standard InChI is InChI=1S/C16H12N4O5/c1-24-14-4-2-3-5-15(14)25-16(21)11-6-7-12(13(8-11)20(22)23)19-10-17-9-18-19/h2-10H,1H3. The predicted molar refractivity (Wildman–Crippen MR) is 86.0 cm³/mol. The molecule has 126 valence electrons. The smallest absolute Gasteiger partial charge is 0.343 e. The molecule has 0 atom stereocenters. The lowest BCUT2D eigenvalue weighted by Gasteiger charge is -2.09. The number of hydrogen-bond acceptors (Lipinski definition) is 7. The summed E-state index contributed by atoms with van der Waals surface area (Å²) >= 11 is 0. The molecule has 25 heavy (non-hydrogen) atoms. The van der Waals surface area contributed by atoms with Gasteiger partial charge in [-0.15, -0.1) is 0 Å². The Balaban J connectivity index is 1.93. The lowest BCUT2D eigenvalue weighted by Crippen LogP contribution is -2.11. The highest BCUT2D eigenvalue weighted by molar-refractivity contribution is 5.92. The molecule has 0 spiro atoms. The molecule has 0 aliphatic rings. The Morgan fingerprint density at radius 2 is 1.96 bits per heavy atom. The van der Waals surface area contributed by atoms with Crippen LogP contribution in [0.5, 0.6) is 11.5 Å². The van der Waals surface area contributed by atoms with Crippen LogP contribution in [0.2, 0.25) is 0 Å². The Bertz CT molecular complexity index is 924. The van der Waals surface area contributed by atoms with Crippen LogP contribution in [-0.4, -0.2) is 32.8 Å². The van der Waals surface area contributed by atoms with Crippen LogP contribution in [0.4, 0.5) is 5.69 Å². The fourth-order valence-corrected chi connectivity index (χ4v) is 2.18. The van der Waals surface area contributed by atoms with Crippen molar-refractivity contribution < 1.29 is 19.2 Å². The topological polar surface area (TPSA) is 109 Å². The van der Waals surface area contributed by atoms with Gasteiger partial charge in [0.25, 0.3) is 5.69 Å². The largest absolute Gasteiger partial charge is 0.493 e. The van der Waals surface area contributed by atoms with Gasteiger partial charge in [-0.05, 0) is 24.3 Å². The molecule has 3 aromatic rings. The van der Waals surface area contributed by atoms with Crippen molar-refractivity contribution in [3.8, 4) is 17.2 Å². The second-order valence-electron chi connectivity index (χ2n) is 4.84. The molecule has 9 heteroatoms. The van der Waals surface area contributed by atoms with Crippen molar-refractivity contribution in [2.24, 2.45) is 0 Å². The van der Waals surface area contributed by atoms with Gasteiger partial charge in [0, 0.05) is 6.07 Å². The number of carbonyl (C=O) groups is 1. The van der Waals surface area contributed by atoms with Gasteiger partial charge >= 0.3 is 5.97 Å². The van der Waals surface area contributed by atoms with Crippen molar-refractivity contribution in [1.82, 2.24) is 14.8 Å². The summed E-state index contributed by atoms with van der Waals surface area (Å²) in [5.41, 5.74) is -0.0715. The van der Waals surface area contributed by atoms with E-state index in [0.717, 1.165) is 6.07 Å². The van der Waals surface area contributed by atoms with E-state index in [-0.39, 0.29) is 22.7 Å². The van der Waals surface area contributed by atoms with E-state index in [1.54, 1.807) is 24.3 Å². The fraction of sp³-hybridized carbons (Fsp3) is 0.0625. The van der Waals surface area contributed by atoms with Gasteiger partial charge in [0.2, 0.25) is 0 Å². The zero-order chi connectivity index (χ0) is 17.8. The number of nitrogens with zero attached hydrogens (tertiary/aromatic N) is 4. The van der Waals surface area contributed by atoms with Gasteiger partial charge in [0.1, 0.15) is 18.3 Å². The van der Waals surface area contributed by atoms with Crippen LogP contribution >= 0.6 is 0 Å². The lowest BCUT2D eigenvalue weighted by atomic mass is 10.1. The molecule has 0 fully saturated rings. The molecule has 0 saturated heterocycles. The summed E-state index contributed by atoms with van der Waals surface area (Å²) in [6, 6.07) is 10.6. The van der Waals surface area contributed by atoms with E-state index in [2.05, 4.69) is 10.1 Å². The SMILES string of the molecule is COc1ccccc1OC(=O)c1ccc(-n2cncn2)c([N+](=O)[O-])c1. The van der Waals surface area contributed by atoms with E-state index in [0.29, 0.717) is 5.75 Å². The molecule has 9 nitrogen and oxygen atoms in total. The quantitative estimate of drug-likeness (QED) is 0.303. The van der Waals surface area contributed by atoms with Gasteiger partial charge < -0.3 is 9.47 Å². The van der Waals surface area contributed by atoms with Crippen LogP contribution in [0.15, 0.2) is 55.1 Å². The Kier molecular flexibility index (Phi) is 4.38. The maximum atomic E-state index is 12.3. The number of rotatable bonds is 5. The second-order valence-corrected chi connectivity index (χ2v) is 4.84. The number of nitro groups is 1. The first-order valence-electron chi connectivity index (χ1n) is 7.09. The lowest BCUT2D eigenvalue weighted by molar-refractivity contribution is -0.384. The number of nitro benzene ring substituents is 1. The Labute approximate surface area is 141 Å². The maximum Gasteiger partial charge on any atom is 0.343 e. The average molecular weight is 340 g/mol. The highest BCUT2D eigenvalue weighted by Gasteiger charge is 2.21. The van der Waals surface area contributed by atoms with Crippen molar-refractivity contribution in [1.29, 1.82) is 0 Å². The van der Waals surface area contributed by atoms with E-state index >= 15 is 0 Å². The molecule has 0 N–H and O–H groups in total. The molecule has 0 bridgehead atoms. The van der Waals surface area contributed by atoms with Gasteiger partial charge in [0.15, 0.2) is 11.5 Å². The molecule has 2 aromatic carbocycles. The minimum absolute atomic E-state index is 0.0291. The zero-order valence-corrected chi connectivity index (χ0v) is 13.0. The van der Waals surface area contributed by atoms with E-state index in [9.17, 15) is 14.9 Å². The van der Waals surface area contributed by atoms with E-state index in [1.165, 1.54) is 36.6 Å². The molecule has 1 aromatic heterocycles.